The molecule has 0 aliphatic carbocycles. The third-order valence-electron chi connectivity index (χ3n) is 7.38. The number of hydrogen-bond donors (Lipinski definition) is 1. The first-order chi connectivity index (χ1) is 16.3. The Morgan fingerprint density at radius 2 is 0.606 bits per heavy atom. The van der Waals surface area contributed by atoms with E-state index < -0.39 is 0 Å². The van der Waals surface area contributed by atoms with Crippen molar-refractivity contribution in [3.05, 3.63) is 0 Å². The quantitative estimate of drug-likeness (QED) is 0.111. The monoisotopic (exact) mass is 468 g/mol. The lowest BCUT2D eigenvalue weighted by molar-refractivity contribution is 0.219. The molecule has 0 unspecified atom stereocenters. The first-order valence-corrected chi connectivity index (χ1v) is 15.6. The van der Waals surface area contributed by atoms with Crippen molar-refractivity contribution < 1.29 is 5.11 Å². The van der Waals surface area contributed by atoms with Crippen molar-refractivity contribution in [2.45, 2.75) is 174 Å². The van der Waals surface area contributed by atoms with E-state index in [4.69, 9.17) is 5.11 Å². The van der Waals surface area contributed by atoms with E-state index in [1.165, 1.54) is 167 Å². The lowest BCUT2D eigenvalue weighted by Crippen LogP contribution is -2.23. The summed E-state index contributed by atoms with van der Waals surface area (Å²) in [6.07, 6.45) is 37.7. The molecule has 0 aliphatic rings. The maximum absolute atomic E-state index is 8.89. The molecule has 0 aliphatic heterocycles. The number of hydrogen-bond acceptors (Lipinski definition) is 2. The van der Waals surface area contributed by atoms with Crippen molar-refractivity contribution in [1.29, 1.82) is 0 Å². The van der Waals surface area contributed by atoms with Crippen molar-refractivity contribution >= 4 is 0 Å². The Bertz CT molecular complexity index is 333. The number of rotatable bonds is 29. The van der Waals surface area contributed by atoms with Crippen molar-refractivity contribution in [3.8, 4) is 0 Å². The summed E-state index contributed by atoms with van der Waals surface area (Å²) in [5.74, 6) is 0. The molecule has 2 heteroatoms. The van der Waals surface area contributed by atoms with E-state index in [1.54, 1.807) is 0 Å². The molecule has 0 amide bonds. The summed E-state index contributed by atoms with van der Waals surface area (Å²) in [5.41, 5.74) is 0. The molecular formula is C31H65NO. The predicted octanol–water partition coefficient (Wildman–Crippen LogP) is 10.1. The Morgan fingerprint density at radius 3 is 0.848 bits per heavy atom. The highest BCUT2D eigenvalue weighted by Gasteiger charge is 1.98. The van der Waals surface area contributed by atoms with Crippen LogP contribution >= 0.6 is 0 Å². The molecule has 0 saturated heterocycles. The van der Waals surface area contributed by atoms with Crippen LogP contribution in [0.15, 0.2) is 0 Å². The smallest absolute Gasteiger partial charge is 0.0558 e. The minimum atomic E-state index is 0.288. The topological polar surface area (TPSA) is 23.5 Å². The molecule has 200 valence electrons. The number of nitrogens with zero attached hydrogens (tertiary/aromatic N) is 1. The molecule has 0 saturated carbocycles. The molecule has 0 rings (SSSR count). The van der Waals surface area contributed by atoms with Gasteiger partial charge in [-0.2, -0.15) is 0 Å². The van der Waals surface area contributed by atoms with Gasteiger partial charge < -0.3 is 10.0 Å². The fraction of sp³-hybridized carbons (Fsp3) is 1.00. The predicted molar refractivity (Wildman–Crippen MR) is 150 cm³/mol. The highest BCUT2D eigenvalue weighted by molar-refractivity contribution is 4.53. The van der Waals surface area contributed by atoms with Gasteiger partial charge in [0.05, 0.1) is 6.61 Å². The van der Waals surface area contributed by atoms with E-state index in [9.17, 15) is 0 Å². The van der Waals surface area contributed by atoms with Crippen molar-refractivity contribution in [2.75, 3.05) is 26.7 Å². The Morgan fingerprint density at radius 1 is 0.364 bits per heavy atom. The van der Waals surface area contributed by atoms with Crippen LogP contribution in [0.25, 0.3) is 0 Å². The molecule has 2 nitrogen and oxygen atoms in total. The minimum absolute atomic E-state index is 0.288. The van der Waals surface area contributed by atoms with Gasteiger partial charge in [0.25, 0.3) is 0 Å². The molecular weight excluding hydrogens is 402 g/mol. The van der Waals surface area contributed by atoms with Crippen LogP contribution in [-0.4, -0.2) is 36.8 Å². The summed E-state index contributed by atoms with van der Waals surface area (Å²) in [6, 6.07) is 0. The second-order valence-electron chi connectivity index (χ2n) is 10.9. The van der Waals surface area contributed by atoms with Gasteiger partial charge in [-0.3, -0.25) is 0 Å². The average Bonchev–Trinajstić information content (AvgIpc) is 2.81. The molecule has 33 heavy (non-hydrogen) atoms. The summed E-state index contributed by atoms with van der Waals surface area (Å²) >= 11 is 0. The molecule has 0 atom stereocenters. The van der Waals surface area contributed by atoms with Crippen LogP contribution in [0.1, 0.15) is 174 Å². The fourth-order valence-corrected chi connectivity index (χ4v) is 4.98. The van der Waals surface area contributed by atoms with Crippen molar-refractivity contribution in [3.63, 3.8) is 0 Å². The lowest BCUT2D eigenvalue weighted by Gasteiger charge is -2.14. The number of likely N-dealkylation sites (N-methyl/N-ethyl adjacent to an activating group) is 1. The maximum atomic E-state index is 8.89. The van der Waals surface area contributed by atoms with E-state index in [1.807, 2.05) is 0 Å². The zero-order valence-electron chi connectivity index (χ0n) is 23.4. The molecule has 0 bridgehead atoms. The van der Waals surface area contributed by atoms with Gasteiger partial charge >= 0.3 is 0 Å². The van der Waals surface area contributed by atoms with Crippen LogP contribution in [0.3, 0.4) is 0 Å². The van der Waals surface area contributed by atoms with Crippen LogP contribution < -0.4 is 0 Å². The molecule has 0 heterocycles. The summed E-state index contributed by atoms with van der Waals surface area (Å²) in [5, 5.41) is 8.89. The van der Waals surface area contributed by atoms with Gasteiger partial charge in [-0.05, 0) is 20.0 Å². The van der Waals surface area contributed by atoms with Crippen molar-refractivity contribution in [2.24, 2.45) is 0 Å². The Kier molecular flexibility index (Phi) is 29.9. The normalized spacial score (nSPS) is 11.6. The molecule has 0 radical (unpaired) electrons. The molecule has 0 aromatic rings. The van der Waals surface area contributed by atoms with Gasteiger partial charge in [0.15, 0.2) is 0 Å². The van der Waals surface area contributed by atoms with E-state index in [0.717, 1.165) is 13.1 Å². The van der Waals surface area contributed by atoms with E-state index in [-0.39, 0.29) is 6.61 Å². The van der Waals surface area contributed by atoms with E-state index in [0.29, 0.717) is 0 Å². The fourth-order valence-electron chi connectivity index (χ4n) is 4.98. The van der Waals surface area contributed by atoms with Crippen LogP contribution in [0.2, 0.25) is 0 Å². The largest absolute Gasteiger partial charge is 0.395 e. The number of unbranched alkanes of at least 4 members (excludes halogenated alkanes) is 25. The van der Waals surface area contributed by atoms with Gasteiger partial charge in [-0.1, -0.05) is 167 Å². The summed E-state index contributed by atoms with van der Waals surface area (Å²) in [7, 11) is 2.11. The van der Waals surface area contributed by atoms with Gasteiger partial charge in [-0.25, -0.2) is 0 Å². The van der Waals surface area contributed by atoms with Crippen molar-refractivity contribution in [1.82, 2.24) is 4.90 Å². The Hall–Kier alpha value is -0.0800. The van der Waals surface area contributed by atoms with Gasteiger partial charge in [0.2, 0.25) is 0 Å². The zero-order chi connectivity index (χ0) is 24.1. The summed E-state index contributed by atoms with van der Waals surface area (Å²) in [4.78, 5) is 2.24. The van der Waals surface area contributed by atoms with Crippen LogP contribution in [0, 0.1) is 0 Å². The second-order valence-corrected chi connectivity index (χ2v) is 10.9. The third kappa shape index (κ3) is 29.9. The molecule has 0 aromatic heterocycles. The lowest BCUT2D eigenvalue weighted by atomic mass is 10.0. The van der Waals surface area contributed by atoms with Crippen LogP contribution in [0.5, 0.6) is 0 Å². The zero-order valence-corrected chi connectivity index (χ0v) is 23.4. The first-order valence-electron chi connectivity index (χ1n) is 15.6. The average molecular weight is 468 g/mol. The SMILES string of the molecule is CCCCCCCCCCCCCCCCCCCCCCCCCCCCN(C)CCO. The highest BCUT2D eigenvalue weighted by atomic mass is 16.3. The second kappa shape index (κ2) is 30.0. The van der Waals surface area contributed by atoms with Gasteiger partial charge in [-0.15, -0.1) is 0 Å². The maximum Gasteiger partial charge on any atom is 0.0558 e. The minimum Gasteiger partial charge on any atom is -0.395 e. The van der Waals surface area contributed by atoms with E-state index >= 15 is 0 Å². The third-order valence-corrected chi connectivity index (χ3v) is 7.38. The standard InChI is InChI=1S/C31H65NO/c1-3-4-5-6-7-8-9-10-11-12-13-14-15-16-17-18-19-20-21-22-23-24-25-26-27-28-29-32(2)30-31-33/h33H,3-31H2,1-2H3. The Balaban J connectivity index is 3.03. The van der Waals surface area contributed by atoms with E-state index in [2.05, 4.69) is 18.9 Å². The number of aliphatic hydroxyl groups excluding tert-OH is 1. The summed E-state index contributed by atoms with van der Waals surface area (Å²) < 4.78 is 0. The molecule has 0 aromatic carbocycles. The Labute approximate surface area is 210 Å². The molecule has 0 spiro atoms. The summed E-state index contributed by atoms with van der Waals surface area (Å²) in [6.45, 7) is 4.55. The first kappa shape index (κ1) is 32.9. The molecule has 0 fully saturated rings. The highest BCUT2D eigenvalue weighted by Crippen LogP contribution is 2.16. The van der Waals surface area contributed by atoms with Crippen LogP contribution in [-0.2, 0) is 0 Å². The van der Waals surface area contributed by atoms with Gasteiger partial charge in [0, 0.05) is 6.54 Å². The van der Waals surface area contributed by atoms with Gasteiger partial charge in [0.1, 0.15) is 0 Å². The molecule has 1 N–H and O–H groups in total. The van der Waals surface area contributed by atoms with Crippen LogP contribution in [0.4, 0.5) is 0 Å². The number of aliphatic hydroxyl groups is 1.